The number of fused-ring (bicyclic) bond motifs is 1. The summed E-state index contributed by atoms with van der Waals surface area (Å²) in [6.45, 7) is 2.00. The minimum Gasteiger partial charge on any atom is -0.451 e. The van der Waals surface area contributed by atoms with Crippen molar-refractivity contribution in [1.82, 2.24) is 4.90 Å². The number of nitrogens with two attached hydrogens (primary N) is 1. The standard InChI is InChI=1S/C13H15N3O3/c1-8-3-4-10-9(5-8)6-11(19-10)13(17)16(2)7-12(14)15-18/h3-6,18H,7H2,1-2H3,(H2,14,15). The third-order valence-corrected chi connectivity index (χ3v) is 2.76. The minimum absolute atomic E-state index is 0.0331. The maximum absolute atomic E-state index is 12.1. The Balaban J connectivity index is 2.26. The normalized spacial score (nSPS) is 11.8. The van der Waals surface area contributed by atoms with Crippen LogP contribution >= 0.6 is 0 Å². The fourth-order valence-electron chi connectivity index (χ4n) is 1.80. The van der Waals surface area contributed by atoms with Crippen LogP contribution in [0.25, 0.3) is 11.0 Å². The molecule has 0 radical (unpaired) electrons. The molecule has 1 aromatic carbocycles. The number of benzene rings is 1. The van der Waals surface area contributed by atoms with Crippen LogP contribution in [0, 0.1) is 6.92 Å². The summed E-state index contributed by atoms with van der Waals surface area (Å²) in [5.74, 6) is -0.128. The second-order valence-corrected chi connectivity index (χ2v) is 4.40. The third kappa shape index (κ3) is 2.67. The molecular formula is C13H15N3O3. The molecule has 0 aliphatic rings. The quantitative estimate of drug-likeness (QED) is 0.379. The van der Waals surface area contributed by atoms with Gasteiger partial charge in [0.25, 0.3) is 5.91 Å². The first-order valence-electron chi connectivity index (χ1n) is 5.73. The van der Waals surface area contributed by atoms with E-state index in [4.69, 9.17) is 15.4 Å². The van der Waals surface area contributed by atoms with Gasteiger partial charge in [0.2, 0.25) is 0 Å². The Labute approximate surface area is 110 Å². The second-order valence-electron chi connectivity index (χ2n) is 4.40. The predicted octanol–water partition coefficient (Wildman–Crippen LogP) is 1.56. The lowest BCUT2D eigenvalue weighted by Crippen LogP contribution is -2.35. The zero-order valence-electron chi connectivity index (χ0n) is 10.8. The van der Waals surface area contributed by atoms with E-state index in [0.717, 1.165) is 10.9 Å². The number of likely N-dealkylation sites (N-methyl/N-ethyl adjacent to an activating group) is 1. The molecule has 1 amide bonds. The molecule has 0 fully saturated rings. The fraction of sp³-hybridized carbons (Fsp3) is 0.231. The lowest BCUT2D eigenvalue weighted by atomic mass is 10.2. The van der Waals surface area contributed by atoms with Crippen molar-refractivity contribution in [2.45, 2.75) is 6.92 Å². The summed E-state index contributed by atoms with van der Waals surface area (Å²) >= 11 is 0. The van der Waals surface area contributed by atoms with Crippen molar-refractivity contribution in [1.29, 1.82) is 0 Å². The number of oxime groups is 1. The van der Waals surface area contributed by atoms with Crippen LogP contribution in [0.1, 0.15) is 16.1 Å². The Morgan fingerprint density at radius 3 is 2.89 bits per heavy atom. The van der Waals surface area contributed by atoms with Crippen molar-refractivity contribution in [3.63, 3.8) is 0 Å². The number of carbonyl (C=O) groups excluding carboxylic acids is 1. The van der Waals surface area contributed by atoms with Gasteiger partial charge in [-0.25, -0.2) is 0 Å². The number of amidine groups is 1. The highest BCUT2D eigenvalue weighted by Gasteiger charge is 2.17. The van der Waals surface area contributed by atoms with Gasteiger partial charge in [-0.15, -0.1) is 0 Å². The lowest BCUT2D eigenvalue weighted by Gasteiger charge is -2.13. The molecule has 0 aliphatic heterocycles. The maximum Gasteiger partial charge on any atom is 0.289 e. The van der Waals surface area contributed by atoms with Crippen LogP contribution in [-0.4, -0.2) is 35.4 Å². The monoisotopic (exact) mass is 261 g/mol. The molecule has 6 heteroatoms. The van der Waals surface area contributed by atoms with Crippen molar-refractivity contribution < 1.29 is 14.4 Å². The number of rotatable bonds is 3. The van der Waals surface area contributed by atoms with E-state index in [2.05, 4.69) is 5.16 Å². The Hall–Kier alpha value is -2.50. The number of nitrogens with zero attached hydrogens (tertiary/aromatic N) is 2. The molecule has 2 aromatic rings. The molecule has 1 aromatic heterocycles. The number of hydrogen-bond donors (Lipinski definition) is 2. The molecule has 1 heterocycles. The highest BCUT2D eigenvalue weighted by atomic mass is 16.4. The van der Waals surface area contributed by atoms with Crippen LogP contribution < -0.4 is 5.73 Å². The van der Waals surface area contributed by atoms with Crippen molar-refractivity contribution in [3.05, 3.63) is 35.6 Å². The summed E-state index contributed by atoms with van der Waals surface area (Å²) < 4.78 is 5.49. The Morgan fingerprint density at radius 2 is 2.21 bits per heavy atom. The van der Waals surface area contributed by atoms with Gasteiger partial charge in [0.1, 0.15) is 5.58 Å². The molecule has 100 valence electrons. The van der Waals surface area contributed by atoms with E-state index in [1.54, 1.807) is 13.1 Å². The molecule has 0 spiro atoms. The molecule has 0 atom stereocenters. The Morgan fingerprint density at radius 1 is 1.47 bits per heavy atom. The first-order valence-corrected chi connectivity index (χ1v) is 5.73. The smallest absolute Gasteiger partial charge is 0.289 e. The lowest BCUT2D eigenvalue weighted by molar-refractivity contribution is 0.0785. The van der Waals surface area contributed by atoms with E-state index >= 15 is 0 Å². The number of carbonyl (C=O) groups is 1. The zero-order valence-corrected chi connectivity index (χ0v) is 10.8. The molecular weight excluding hydrogens is 246 g/mol. The van der Waals surface area contributed by atoms with Gasteiger partial charge in [-0.05, 0) is 25.1 Å². The first-order chi connectivity index (χ1) is 9.01. The minimum atomic E-state index is -0.319. The molecule has 2 rings (SSSR count). The number of aryl methyl sites for hydroxylation is 1. The van der Waals surface area contributed by atoms with E-state index in [9.17, 15) is 4.79 Å². The molecule has 6 nitrogen and oxygen atoms in total. The van der Waals surface area contributed by atoms with Gasteiger partial charge in [0.15, 0.2) is 11.6 Å². The van der Waals surface area contributed by atoms with E-state index in [-0.39, 0.29) is 24.0 Å². The molecule has 3 N–H and O–H groups in total. The summed E-state index contributed by atoms with van der Waals surface area (Å²) in [7, 11) is 1.55. The van der Waals surface area contributed by atoms with E-state index < -0.39 is 0 Å². The van der Waals surface area contributed by atoms with E-state index in [1.807, 2.05) is 25.1 Å². The summed E-state index contributed by atoms with van der Waals surface area (Å²) in [5, 5.41) is 12.2. The van der Waals surface area contributed by atoms with Gasteiger partial charge in [0, 0.05) is 12.4 Å². The van der Waals surface area contributed by atoms with Crippen LogP contribution in [0.4, 0.5) is 0 Å². The molecule has 0 bridgehead atoms. The van der Waals surface area contributed by atoms with Gasteiger partial charge in [0.05, 0.1) is 6.54 Å². The van der Waals surface area contributed by atoms with Gasteiger partial charge in [-0.1, -0.05) is 16.8 Å². The van der Waals surface area contributed by atoms with Crippen LogP contribution in [0.15, 0.2) is 33.8 Å². The van der Waals surface area contributed by atoms with Crippen molar-refractivity contribution in [2.24, 2.45) is 10.9 Å². The molecule has 0 saturated heterocycles. The maximum atomic E-state index is 12.1. The number of amides is 1. The SMILES string of the molecule is Cc1ccc2oc(C(=O)N(C)CC(N)=NO)cc2c1. The first kappa shape index (κ1) is 12.9. The van der Waals surface area contributed by atoms with Gasteiger partial charge in [-0.2, -0.15) is 0 Å². The third-order valence-electron chi connectivity index (χ3n) is 2.76. The highest BCUT2D eigenvalue weighted by Crippen LogP contribution is 2.21. The van der Waals surface area contributed by atoms with Crippen LogP contribution in [0.5, 0.6) is 0 Å². The van der Waals surface area contributed by atoms with Crippen molar-refractivity contribution >= 4 is 22.7 Å². The van der Waals surface area contributed by atoms with Gasteiger partial charge >= 0.3 is 0 Å². The van der Waals surface area contributed by atoms with Crippen LogP contribution in [0.3, 0.4) is 0 Å². The topological polar surface area (TPSA) is 92.1 Å². The van der Waals surface area contributed by atoms with E-state index in [1.165, 1.54) is 4.90 Å². The summed E-state index contributed by atoms with van der Waals surface area (Å²) in [5.41, 5.74) is 7.11. The molecule has 0 saturated carbocycles. The summed E-state index contributed by atoms with van der Waals surface area (Å²) in [6, 6.07) is 7.37. The highest BCUT2D eigenvalue weighted by molar-refractivity contribution is 5.98. The largest absolute Gasteiger partial charge is 0.451 e. The number of furan rings is 1. The Kier molecular flexibility index (Phi) is 3.41. The average molecular weight is 261 g/mol. The van der Waals surface area contributed by atoms with Crippen molar-refractivity contribution in [3.8, 4) is 0 Å². The van der Waals surface area contributed by atoms with Gasteiger partial charge < -0.3 is 20.3 Å². The van der Waals surface area contributed by atoms with Crippen LogP contribution in [-0.2, 0) is 0 Å². The average Bonchev–Trinajstić information content (AvgIpc) is 2.80. The van der Waals surface area contributed by atoms with E-state index in [0.29, 0.717) is 5.58 Å². The Bertz CT molecular complexity index is 646. The fourth-order valence-corrected chi connectivity index (χ4v) is 1.80. The van der Waals surface area contributed by atoms with Crippen molar-refractivity contribution in [2.75, 3.05) is 13.6 Å². The second kappa shape index (κ2) is 5.01. The zero-order chi connectivity index (χ0) is 14.0. The number of hydrogen-bond acceptors (Lipinski definition) is 4. The molecule has 19 heavy (non-hydrogen) atoms. The predicted molar refractivity (Wildman–Crippen MR) is 71.3 cm³/mol. The van der Waals surface area contributed by atoms with Gasteiger partial charge in [-0.3, -0.25) is 4.79 Å². The van der Waals surface area contributed by atoms with Crippen LogP contribution in [0.2, 0.25) is 0 Å². The molecule has 0 aliphatic carbocycles. The summed E-state index contributed by atoms with van der Waals surface area (Å²) in [6.07, 6.45) is 0. The summed E-state index contributed by atoms with van der Waals surface area (Å²) in [4.78, 5) is 13.4. The molecule has 0 unspecified atom stereocenters.